The van der Waals surface area contributed by atoms with Crippen molar-refractivity contribution < 1.29 is 5.11 Å². The molecule has 1 unspecified atom stereocenters. The van der Waals surface area contributed by atoms with Crippen molar-refractivity contribution >= 4 is 21.4 Å². The lowest BCUT2D eigenvalue weighted by Gasteiger charge is -2.30. The molecule has 1 N–H and O–H groups in total. The lowest BCUT2D eigenvalue weighted by Crippen LogP contribution is -2.35. The maximum atomic E-state index is 11.0. The number of hydrogen-bond acceptors (Lipinski definition) is 5. The molecule has 1 aromatic carbocycles. The van der Waals surface area contributed by atoms with E-state index in [1.165, 1.54) is 5.56 Å². The number of fused-ring (bicyclic) bond motifs is 2. The van der Waals surface area contributed by atoms with Crippen LogP contribution in [0.5, 0.6) is 5.88 Å². The molecule has 3 aromatic heterocycles. The summed E-state index contributed by atoms with van der Waals surface area (Å²) in [4.78, 5) is 6.88. The molecular weight excluding hydrogens is 368 g/mol. The number of likely N-dealkylation sites (N-methyl/N-ethyl adjacent to an activating group) is 1. The number of aromatic nitrogens is 3. The molecule has 28 heavy (non-hydrogen) atoms. The fourth-order valence-electron chi connectivity index (χ4n) is 4.11. The van der Waals surface area contributed by atoms with Gasteiger partial charge >= 0.3 is 0 Å². The molecule has 1 atom stereocenters. The molecule has 0 amide bonds. The molecule has 142 valence electrons. The first kappa shape index (κ1) is 17.4. The number of pyridine rings is 1. The largest absolute Gasteiger partial charge is 0.493 e. The second-order valence-electron chi connectivity index (χ2n) is 7.42. The fraction of sp³-hybridized carbons (Fsp3) is 0.273. The van der Waals surface area contributed by atoms with Crippen molar-refractivity contribution in [3.05, 3.63) is 70.9 Å². The molecule has 4 aromatic rings. The summed E-state index contributed by atoms with van der Waals surface area (Å²) in [7, 11) is 2.16. The predicted octanol–water partition coefficient (Wildman–Crippen LogP) is 4.18. The Morgan fingerprint density at radius 1 is 1.21 bits per heavy atom. The molecule has 1 aliphatic rings. The van der Waals surface area contributed by atoms with E-state index >= 15 is 0 Å². The number of benzene rings is 1. The molecule has 5 nitrogen and oxygen atoms in total. The van der Waals surface area contributed by atoms with Crippen LogP contribution in [0.25, 0.3) is 15.9 Å². The molecule has 1 aliphatic carbocycles. The van der Waals surface area contributed by atoms with E-state index < -0.39 is 0 Å². The van der Waals surface area contributed by atoms with Gasteiger partial charge in [-0.1, -0.05) is 30.3 Å². The normalized spacial score (nSPS) is 16.6. The molecule has 0 saturated carbocycles. The standard InChI is InChI=1S/C22H22N4OS/c1-25(14-15-5-3-2-4-6-15)16-7-8-19-18(13-16)22(27)26(24-19)21-17-10-12-28-20(17)9-11-23-21/h2-6,9-12,16,27H,7-8,13-14H2,1H3. The van der Waals surface area contributed by atoms with Crippen LogP contribution in [0.15, 0.2) is 54.0 Å². The molecule has 3 heterocycles. The highest BCUT2D eigenvalue weighted by atomic mass is 32.1. The van der Waals surface area contributed by atoms with Gasteiger partial charge in [-0.05, 0) is 49.4 Å². The van der Waals surface area contributed by atoms with E-state index in [1.807, 2.05) is 23.6 Å². The number of thiophene rings is 1. The molecule has 0 aliphatic heterocycles. The van der Waals surface area contributed by atoms with Gasteiger partial charge in [0, 0.05) is 34.4 Å². The minimum absolute atomic E-state index is 0.235. The van der Waals surface area contributed by atoms with Gasteiger partial charge in [0.05, 0.1) is 5.69 Å². The van der Waals surface area contributed by atoms with Gasteiger partial charge in [0.2, 0.25) is 5.88 Å². The highest BCUT2D eigenvalue weighted by Crippen LogP contribution is 2.34. The van der Waals surface area contributed by atoms with Crippen molar-refractivity contribution in [2.75, 3.05) is 7.05 Å². The number of aromatic hydroxyl groups is 1. The number of hydrogen-bond donors (Lipinski definition) is 1. The summed E-state index contributed by atoms with van der Waals surface area (Å²) in [6.07, 6.45) is 4.51. The van der Waals surface area contributed by atoms with Crippen LogP contribution in [0.2, 0.25) is 0 Å². The molecular formula is C22H22N4OS. The SMILES string of the molecule is CN(Cc1ccccc1)C1CCc2nn(-c3nccc4sccc34)c(O)c2C1. The summed E-state index contributed by atoms with van der Waals surface area (Å²) >= 11 is 1.67. The summed E-state index contributed by atoms with van der Waals surface area (Å²) in [5.74, 6) is 0.943. The monoisotopic (exact) mass is 390 g/mol. The number of rotatable bonds is 4. The van der Waals surface area contributed by atoms with Crippen molar-refractivity contribution in [1.29, 1.82) is 0 Å². The molecule has 6 heteroatoms. The Morgan fingerprint density at radius 2 is 2.07 bits per heavy atom. The first-order valence-corrected chi connectivity index (χ1v) is 10.4. The maximum absolute atomic E-state index is 11.0. The van der Waals surface area contributed by atoms with E-state index in [-0.39, 0.29) is 5.88 Å². The Morgan fingerprint density at radius 3 is 2.93 bits per heavy atom. The highest BCUT2D eigenvalue weighted by Gasteiger charge is 2.29. The van der Waals surface area contributed by atoms with Gasteiger partial charge in [0.1, 0.15) is 0 Å². The fourth-order valence-corrected chi connectivity index (χ4v) is 4.89. The van der Waals surface area contributed by atoms with Gasteiger partial charge in [-0.15, -0.1) is 11.3 Å². The summed E-state index contributed by atoms with van der Waals surface area (Å²) in [6.45, 7) is 0.908. The zero-order valence-electron chi connectivity index (χ0n) is 15.7. The zero-order chi connectivity index (χ0) is 19.1. The topological polar surface area (TPSA) is 54.2 Å². The summed E-state index contributed by atoms with van der Waals surface area (Å²) in [5.41, 5.74) is 3.27. The van der Waals surface area contributed by atoms with Gasteiger partial charge in [0.15, 0.2) is 5.82 Å². The van der Waals surface area contributed by atoms with E-state index in [9.17, 15) is 5.11 Å². The first-order valence-electron chi connectivity index (χ1n) is 9.57. The Balaban J connectivity index is 1.43. The lowest BCUT2D eigenvalue weighted by molar-refractivity contribution is 0.212. The molecule has 0 spiro atoms. The third kappa shape index (κ3) is 2.99. The third-order valence-electron chi connectivity index (χ3n) is 5.65. The smallest absolute Gasteiger partial charge is 0.219 e. The Bertz CT molecular complexity index is 1120. The molecule has 5 rings (SSSR count). The van der Waals surface area contributed by atoms with Crippen LogP contribution in [-0.4, -0.2) is 37.9 Å². The van der Waals surface area contributed by atoms with Crippen molar-refractivity contribution in [1.82, 2.24) is 19.7 Å². The second-order valence-corrected chi connectivity index (χ2v) is 8.37. The van der Waals surface area contributed by atoms with Crippen LogP contribution in [0.3, 0.4) is 0 Å². The van der Waals surface area contributed by atoms with Gasteiger partial charge in [-0.3, -0.25) is 4.90 Å². The molecule has 0 fully saturated rings. The van der Waals surface area contributed by atoms with Crippen LogP contribution in [-0.2, 0) is 19.4 Å². The van der Waals surface area contributed by atoms with Gasteiger partial charge in [-0.25, -0.2) is 4.98 Å². The maximum Gasteiger partial charge on any atom is 0.219 e. The Kier molecular flexibility index (Phi) is 4.37. The highest BCUT2D eigenvalue weighted by molar-refractivity contribution is 7.17. The van der Waals surface area contributed by atoms with Crippen LogP contribution >= 0.6 is 11.3 Å². The van der Waals surface area contributed by atoms with Crippen LogP contribution in [0, 0.1) is 0 Å². The Hall–Kier alpha value is -2.70. The predicted molar refractivity (Wildman–Crippen MR) is 112 cm³/mol. The number of nitrogens with zero attached hydrogens (tertiary/aromatic N) is 4. The average molecular weight is 391 g/mol. The molecule has 0 saturated heterocycles. The average Bonchev–Trinajstić information content (AvgIpc) is 3.33. The van der Waals surface area contributed by atoms with Crippen molar-refractivity contribution in [2.24, 2.45) is 0 Å². The summed E-state index contributed by atoms with van der Waals surface area (Å²) < 4.78 is 2.78. The van der Waals surface area contributed by atoms with Crippen molar-refractivity contribution in [3.63, 3.8) is 0 Å². The van der Waals surface area contributed by atoms with Crippen molar-refractivity contribution in [2.45, 2.75) is 31.8 Å². The molecule has 0 radical (unpaired) electrons. The summed E-state index contributed by atoms with van der Waals surface area (Å²) in [5, 5.41) is 18.8. The minimum atomic E-state index is 0.235. The van der Waals surface area contributed by atoms with Crippen LogP contribution < -0.4 is 0 Å². The Labute approximate surface area is 167 Å². The molecule has 0 bridgehead atoms. The van der Waals surface area contributed by atoms with Crippen LogP contribution in [0.4, 0.5) is 0 Å². The van der Waals surface area contributed by atoms with Crippen molar-refractivity contribution in [3.8, 4) is 11.7 Å². The lowest BCUT2D eigenvalue weighted by atomic mass is 9.92. The summed E-state index contributed by atoms with van der Waals surface area (Å²) in [6, 6.07) is 15.0. The minimum Gasteiger partial charge on any atom is -0.493 e. The van der Waals surface area contributed by atoms with E-state index in [2.05, 4.69) is 41.2 Å². The van der Waals surface area contributed by atoms with E-state index in [0.29, 0.717) is 11.9 Å². The van der Waals surface area contributed by atoms with E-state index in [0.717, 1.165) is 47.2 Å². The van der Waals surface area contributed by atoms with E-state index in [4.69, 9.17) is 5.10 Å². The quantitative estimate of drug-likeness (QED) is 0.568. The van der Waals surface area contributed by atoms with Gasteiger partial charge < -0.3 is 5.11 Å². The first-order chi connectivity index (χ1) is 13.7. The van der Waals surface area contributed by atoms with Gasteiger partial charge in [-0.2, -0.15) is 9.78 Å². The van der Waals surface area contributed by atoms with Gasteiger partial charge in [0.25, 0.3) is 0 Å². The zero-order valence-corrected chi connectivity index (χ0v) is 16.6. The van der Waals surface area contributed by atoms with E-state index in [1.54, 1.807) is 22.2 Å². The van der Waals surface area contributed by atoms with Crippen LogP contribution in [0.1, 0.15) is 23.2 Å². The third-order valence-corrected chi connectivity index (χ3v) is 6.53. The second kappa shape index (κ2) is 7.04. The number of aryl methyl sites for hydroxylation is 1.